The molecule has 0 aromatic heterocycles. The lowest BCUT2D eigenvalue weighted by Crippen LogP contribution is -1.51. The minimum atomic E-state index is 1.32. The molecule has 0 amide bonds. The molecule has 0 spiro atoms. The average molecular weight is 110 g/mol. The van der Waals surface area contributed by atoms with E-state index in [9.17, 15) is 0 Å². The molecule has 0 fully saturated rings. The Kier molecular flexibility index (Phi) is 1.75. The summed E-state index contributed by atoms with van der Waals surface area (Å²) in [6.07, 6.45) is 7.33. The molecule has 0 bridgehead atoms. The first-order chi connectivity index (χ1) is 3.50. The van der Waals surface area contributed by atoms with Gasteiger partial charge in [0.2, 0.25) is 0 Å². The highest BCUT2D eigenvalue weighted by molar-refractivity contribution is 7.99. The van der Waals surface area contributed by atoms with E-state index in [0.29, 0.717) is 0 Å². The minimum absolute atomic E-state index is 1.32. The largest absolute Gasteiger partial charge is 0.219 e. The molecule has 1 aliphatic rings. The van der Waals surface area contributed by atoms with E-state index in [1.54, 1.807) is 6.21 Å². The topological polar surface area (TPSA) is 12.4 Å². The summed E-state index contributed by atoms with van der Waals surface area (Å²) < 4.78 is 3.83. The normalized spacial score (nSPS) is 17.1. The molecule has 7 heavy (non-hydrogen) atoms. The highest BCUT2D eigenvalue weighted by Gasteiger charge is 1.73. The standard InChI is InChI=1S/C5H4NS/c1-2-4-6-7-5-3-1/h1-4H. The second-order valence-corrected chi connectivity index (χ2v) is 1.64. The summed E-state index contributed by atoms with van der Waals surface area (Å²) in [7, 11) is 0. The zero-order valence-electron chi connectivity index (χ0n) is 3.66. The predicted octanol–water partition coefficient (Wildman–Crippen LogP) is 1.59. The summed E-state index contributed by atoms with van der Waals surface area (Å²) in [5, 5.41) is 2.85. The van der Waals surface area contributed by atoms with Crippen LogP contribution in [0.25, 0.3) is 0 Å². The molecule has 2 heteroatoms. The van der Waals surface area contributed by atoms with Crippen molar-refractivity contribution in [3.05, 3.63) is 23.6 Å². The first kappa shape index (κ1) is 4.65. The fraction of sp³-hybridized carbons (Fsp3) is 0. The molecule has 0 aromatic rings. The molecule has 0 aliphatic carbocycles. The predicted molar refractivity (Wildman–Crippen MR) is 33.0 cm³/mol. The Labute approximate surface area is 47.0 Å². The highest BCUT2D eigenvalue weighted by atomic mass is 32.2. The maximum absolute atomic E-state index is 3.83. The molecule has 1 aliphatic heterocycles. The lowest BCUT2D eigenvalue weighted by atomic mass is 10.5. The van der Waals surface area contributed by atoms with Gasteiger partial charge in [-0.25, -0.2) is 4.40 Å². The van der Waals surface area contributed by atoms with Gasteiger partial charge < -0.3 is 0 Å². The van der Waals surface area contributed by atoms with E-state index < -0.39 is 0 Å². The van der Waals surface area contributed by atoms with Crippen LogP contribution in [0.3, 0.4) is 0 Å². The lowest BCUT2D eigenvalue weighted by Gasteiger charge is -1.68. The average Bonchev–Trinajstić information content (AvgIpc) is 1.90. The number of allylic oxidation sites excluding steroid dienone is 3. The summed E-state index contributed by atoms with van der Waals surface area (Å²) in [4.78, 5) is 0. The maximum atomic E-state index is 3.83. The lowest BCUT2D eigenvalue weighted by molar-refractivity contribution is 1.99. The van der Waals surface area contributed by atoms with Crippen molar-refractivity contribution >= 4 is 18.2 Å². The van der Waals surface area contributed by atoms with E-state index in [1.807, 2.05) is 18.2 Å². The number of hydrogen-bond donors (Lipinski definition) is 0. The fourth-order valence-electron chi connectivity index (χ4n) is 0.271. The zero-order chi connectivity index (χ0) is 4.95. The summed E-state index contributed by atoms with van der Waals surface area (Å²) in [6.45, 7) is 0. The molecule has 0 N–H and O–H groups in total. The molecule has 1 rings (SSSR count). The summed E-state index contributed by atoms with van der Waals surface area (Å²) in [5.41, 5.74) is 0. The maximum Gasteiger partial charge on any atom is 0.0460 e. The third kappa shape index (κ3) is 1.59. The number of hydrogen-bond acceptors (Lipinski definition) is 2. The molecular weight excluding hydrogens is 106 g/mol. The van der Waals surface area contributed by atoms with Crippen molar-refractivity contribution in [3.63, 3.8) is 0 Å². The Bertz CT molecular complexity index is 110. The van der Waals surface area contributed by atoms with Crippen molar-refractivity contribution < 1.29 is 0 Å². The van der Waals surface area contributed by atoms with Gasteiger partial charge in [0.05, 0.1) is 0 Å². The van der Waals surface area contributed by atoms with Crippen LogP contribution in [0.15, 0.2) is 22.6 Å². The molecule has 1 heterocycles. The van der Waals surface area contributed by atoms with Gasteiger partial charge in [0.1, 0.15) is 0 Å². The van der Waals surface area contributed by atoms with Crippen molar-refractivity contribution in [2.45, 2.75) is 0 Å². The van der Waals surface area contributed by atoms with E-state index in [2.05, 4.69) is 9.81 Å². The fourth-order valence-corrected chi connectivity index (χ4v) is 0.602. The van der Waals surface area contributed by atoms with Gasteiger partial charge in [-0.05, 0) is 12.2 Å². The van der Waals surface area contributed by atoms with Gasteiger partial charge in [-0.15, -0.1) is 0 Å². The van der Waals surface area contributed by atoms with Crippen LogP contribution < -0.4 is 0 Å². The van der Waals surface area contributed by atoms with E-state index in [-0.39, 0.29) is 0 Å². The van der Waals surface area contributed by atoms with Crippen LogP contribution in [-0.4, -0.2) is 6.21 Å². The van der Waals surface area contributed by atoms with Gasteiger partial charge in [-0.1, -0.05) is 6.08 Å². The van der Waals surface area contributed by atoms with E-state index in [4.69, 9.17) is 0 Å². The van der Waals surface area contributed by atoms with Crippen LogP contribution in [0.2, 0.25) is 0 Å². The van der Waals surface area contributed by atoms with Crippen LogP contribution in [0.1, 0.15) is 0 Å². The second kappa shape index (κ2) is 2.64. The van der Waals surface area contributed by atoms with Crippen LogP contribution in [0.4, 0.5) is 0 Å². The monoisotopic (exact) mass is 110 g/mol. The van der Waals surface area contributed by atoms with Crippen molar-refractivity contribution in [3.8, 4) is 0 Å². The number of nitrogens with zero attached hydrogens (tertiary/aromatic N) is 1. The molecule has 35 valence electrons. The SMILES string of the molecule is [C]1=CC=CC=NS1. The van der Waals surface area contributed by atoms with Crippen LogP contribution in [-0.2, 0) is 0 Å². The Hall–Kier alpha value is -0.500. The molecule has 0 unspecified atom stereocenters. The van der Waals surface area contributed by atoms with Gasteiger partial charge in [0.15, 0.2) is 0 Å². The number of rotatable bonds is 0. The molecule has 0 saturated heterocycles. The van der Waals surface area contributed by atoms with Gasteiger partial charge in [-0.2, -0.15) is 0 Å². The molecule has 0 saturated carbocycles. The van der Waals surface area contributed by atoms with Crippen molar-refractivity contribution in [2.24, 2.45) is 4.40 Å². The molecule has 0 aromatic carbocycles. The van der Waals surface area contributed by atoms with Crippen LogP contribution in [0, 0.1) is 5.41 Å². The first-order valence-electron chi connectivity index (χ1n) is 1.93. The van der Waals surface area contributed by atoms with Gasteiger partial charge >= 0.3 is 0 Å². The van der Waals surface area contributed by atoms with Gasteiger partial charge in [-0.3, -0.25) is 0 Å². The second-order valence-electron chi connectivity index (χ2n) is 1.02. The van der Waals surface area contributed by atoms with Crippen molar-refractivity contribution in [1.29, 1.82) is 0 Å². The Morgan fingerprint density at radius 2 is 2.43 bits per heavy atom. The third-order valence-electron chi connectivity index (χ3n) is 0.528. The molecule has 0 atom stereocenters. The minimum Gasteiger partial charge on any atom is -0.219 e. The molecule has 1 radical (unpaired) electrons. The molecule has 1 nitrogen and oxygen atoms in total. The van der Waals surface area contributed by atoms with Gasteiger partial charge in [0, 0.05) is 23.6 Å². The smallest absolute Gasteiger partial charge is 0.0460 e. The Balaban J connectivity index is 2.60. The van der Waals surface area contributed by atoms with E-state index in [0.717, 1.165) is 0 Å². The first-order valence-corrected chi connectivity index (χ1v) is 2.71. The summed E-state index contributed by atoms with van der Waals surface area (Å²) in [5.74, 6) is 0. The van der Waals surface area contributed by atoms with Crippen molar-refractivity contribution in [1.82, 2.24) is 0 Å². The van der Waals surface area contributed by atoms with Gasteiger partial charge in [0.25, 0.3) is 0 Å². The highest BCUT2D eigenvalue weighted by Crippen LogP contribution is 2.02. The molecular formula is C5H4NS. The Morgan fingerprint density at radius 3 is 3.43 bits per heavy atom. The Morgan fingerprint density at radius 1 is 1.43 bits per heavy atom. The van der Waals surface area contributed by atoms with Crippen LogP contribution >= 0.6 is 11.9 Å². The van der Waals surface area contributed by atoms with E-state index >= 15 is 0 Å². The summed E-state index contributed by atoms with van der Waals surface area (Å²) >= 11 is 1.32. The summed E-state index contributed by atoms with van der Waals surface area (Å²) in [6, 6.07) is 0. The third-order valence-corrected chi connectivity index (χ3v) is 0.996. The quantitative estimate of drug-likeness (QED) is 0.431. The van der Waals surface area contributed by atoms with E-state index in [1.165, 1.54) is 11.9 Å². The van der Waals surface area contributed by atoms with Crippen LogP contribution in [0.5, 0.6) is 0 Å². The zero-order valence-corrected chi connectivity index (χ0v) is 4.48. The van der Waals surface area contributed by atoms with Crippen molar-refractivity contribution in [2.75, 3.05) is 0 Å².